The van der Waals surface area contributed by atoms with Gasteiger partial charge in [0.1, 0.15) is 12.4 Å². The van der Waals surface area contributed by atoms with E-state index in [0.29, 0.717) is 25.4 Å². The van der Waals surface area contributed by atoms with Gasteiger partial charge in [-0.3, -0.25) is 0 Å². The minimum Gasteiger partial charge on any atom is -0.492 e. The van der Waals surface area contributed by atoms with Gasteiger partial charge < -0.3 is 10.5 Å². The van der Waals surface area contributed by atoms with Crippen molar-refractivity contribution in [2.75, 3.05) is 19.7 Å². The van der Waals surface area contributed by atoms with E-state index in [9.17, 15) is 8.42 Å². The quantitative estimate of drug-likeness (QED) is 0.762. The second kappa shape index (κ2) is 5.59. The maximum Gasteiger partial charge on any atom is 0.240 e. The van der Waals surface area contributed by atoms with Gasteiger partial charge in [-0.15, -0.1) is 0 Å². The lowest BCUT2D eigenvalue weighted by atomic mass is 10.0. The molecule has 2 saturated carbocycles. The first-order valence-corrected chi connectivity index (χ1v) is 8.97. The summed E-state index contributed by atoms with van der Waals surface area (Å²) in [6, 6.07) is 6.48. The second-order valence-corrected chi connectivity index (χ2v) is 7.84. The molecule has 3 N–H and O–H groups in total. The molecule has 116 valence electrons. The van der Waals surface area contributed by atoms with Crippen molar-refractivity contribution in [1.29, 1.82) is 0 Å². The molecule has 6 heteroatoms. The predicted molar refractivity (Wildman–Crippen MR) is 80.6 cm³/mol. The predicted octanol–water partition coefficient (Wildman–Crippen LogP) is 1.49. The van der Waals surface area contributed by atoms with Crippen molar-refractivity contribution >= 4 is 10.0 Å². The highest BCUT2D eigenvalue weighted by Gasteiger charge is 2.53. The summed E-state index contributed by atoms with van der Waals surface area (Å²) in [5.41, 5.74) is 5.62. The first kappa shape index (κ1) is 14.8. The number of nitrogens with two attached hydrogens (primary N) is 1. The zero-order valence-corrected chi connectivity index (χ0v) is 12.9. The molecule has 2 fully saturated rings. The molecule has 0 saturated heterocycles. The normalized spacial score (nSPS) is 20.2. The van der Waals surface area contributed by atoms with Crippen molar-refractivity contribution in [3.63, 3.8) is 0 Å². The molecule has 2 aliphatic carbocycles. The van der Waals surface area contributed by atoms with E-state index in [-0.39, 0.29) is 10.3 Å². The molecular formula is C15H22N2O3S. The van der Waals surface area contributed by atoms with Crippen LogP contribution in [0.1, 0.15) is 25.7 Å². The number of nitrogens with one attached hydrogen (secondary N) is 1. The van der Waals surface area contributed by atoms with E-state index in [0.717, 1.165) is 18.8 Å². The van der Waals surface area contributed by atoms with Gasteiger partial charge in [-0.05, 0) is 61.3 Å². The lowest BCUT2D eigenvalue weighted by Gasteiger charge is -2.15. The topological polar surface area (TPSA) is 81.4 Å². The van der Waals surface area contributed by atoms with Crippen molar-refractivity contribution in [2.24, 2.45) is 17.1 Å². The van der Waals surface area contributed by atoms with Gasteiger partial charge in [0.2, 0.25) is 10.0 Å². The molecular weight excluding hydrogens is 288 g/mol. The Hall–Kier alpha value is -1.11. The van der Waals surface area contributed by atoms with Gasteiger partial charge in [0.05, 0.1) is 4.90 Å². The van der Waals surface area contributed by atoms with Gasteiger partial charge in [0.25, 0.3) is 0 Å². The van der Waals surface area contributed by atoms with Crippen LogP contribution in [0.4, 0.5) is 0 Å². The highest BCUT2D eigenvalue weighted by atomic mass is 32.2. The van der Waals surface area contributed by atoms with Gasteiger partial charge in [-0.1, -0.05) is 0 Å². The average Bonchev–Trinajstić information content (AvgIpc) is 3.36. The molecule has 0 aliphatic heterocycles. The smallest absolute Gasteiger partial charge is 0.240 e. The molecule has 21 heavy (non-hydrogen) atoms. The summed E-state index contributed by atoms with van der Waals surface area (Å²) in [7, 11) is -3.43. The van der Waals surface area contributed by atoms with Crippen LogP contribution in [-0.2, 0) is 10.0 Å². The van der Waals surface area contributed by atoms with E-state index in [1.165, 1.54) is 12.8 Å². The Kier molecular flexibility index (Phi) is 3.94. The van der Waals surface area contributed by atoms with Gasteiger partial charge in [0.15, 0.2) is 0 Å². The molecule has 1 aromatic rings. The van der Waals surface area contributed by atoms with Crippen LogP contribution in [-0.4, -0.2) is 28.1 Å². The number of ether oxygens (including phenoxy) is 1. The lowest BCUT2D eigenvalue weighted by Crippen LogP contribution is -2.31. The zero-order chi connectivity index (χ0) is 14.9. The van der Waals surface area contributed by atoms with Gasteiger partial charge in [0, 0.05) is 13.1 Å². The standard InChI is InChI=1S/C15H22N2O3S/c16-9-10-20-13-3-5-14(6-4-13)21(18,19)17-11-15(7-8-15)12-1-2-12/h3-6,12,17H,1-2,7-11,16H2. The van der Waals surface area contributed by atoms with E-state index in [2.05, 4.69) is 4.72 Å². The van der Waals surface area contributed by atoms with Gasteiger partial charge in [-0.2, -0.15) is 0 Å². The van der Waals surface area contributed by atoms with E-state index in [1.54, 1.807) is 24.3 Å². The Morgan fingerprint density at radius 2 is 1.90 bits per heavy atom. The Morgan fingerprint density at radius 3 is 2.43 bits per heavy atom. The van der Waals surface area contributed by atoms with Crippen LogP contribution in [0.3, 0.4) is 0 Å². The van der Waals surface area contributed by atoms with Crippen molar-refractivity contribution in [1.82, 2.24) is 4.72 Å². The van der Waals surface area contributed by atoms with Crippen LogP contribution in [0.15, 0.2) is 29.2 Å². The minimum atomic E-state index is -3.43. The number of rotatable bonds is 8. The highest BCUT2D eigenvalue weighted by Crippen LogP contribution is 2.60. The van der Waals surface area contributed by atoms with Crippen LogP contribution in [0.5, 0.6) is 5.75 Å². The zero-order valence-electron chi connectivity index (χ0n) is 12.0. The Balaban J connectivity index is 1.61. The molecule has 1 aromatic carbocycles. The number of sulfonamides is 1. The third kappa shape index (κ3) is 3.39. The summed E-state index contributed by atoms with van der Waals surface area (Å²) in [4.78, 5) is 0.286. The molecule has 0 heterocycles. The van der Waals surface area contributed by atoms with Crippen LogP contribution >= 0.6 is 0 Å². The summed E-state index contributed by atoms with van der Waals surface area (Å²) >= 11 is 0. The molecule has 0 spiro atoms. The molecule has 0 atom stereocenters. The Morgan fingerprint density at radius 1 is 1.24 bits per heavy atom. The highest BCUT2D eigenvalue weighted by molar-refractivity contribution is 7.89. The monoisotopic (exact) mass is 310 g/mol. The van der Waals surface area contributed by atoms with Crippen LogP contribution < -0.4 is 15.2 Å². The molecule has 0 radical (unpaired) electrons. The van der Waals surface area contributed by atoms with Crippen LogP contribution in [0, 0.1) is 11.3 Å². The van der Waals surface area contributed by atoms with Crippen molar-refractivity contribution in [3.05, 3.63) is 24.3 Å². The maximum absolute atomic E-state index is 12.3. The first-order valence-electron chi connectivity index (χ1n) is 7.48. The Labute approximate surface area is 125 Å². The summed E-state index contributed by atoms with van der Waals surface area (Å²) in [6.45, 7) is 1.44. The third-order valence-electron chi connectivity index (χ3n) is 4.47. The fourth-order valence-corrected chi connectivity index (χ4v) is 3.94. The Bertz CT molecular complexity index is 590. The molecule has 2 aliphatic rings. The fourth-order valence-electron chi connectivity index (χ4n) is 2.80. The van der Waals surface area contributed by atoms with Crippen molar-refractivity contribution < 1.29 is 13.2 Å². The molecule has 0 unspecified atom stereocenters. The summed E-state index contributed by atoms with van der Waals surface area (Å²) in [5, 5.41) is 0. The number of hydrogen-bond acceptors (Lipinski definition) is 4. The van der Waals surface area contributed by atoms with E-state index >= 15 is 0 Å². The minimum absolute atomic E-state index is 0.261. The summed E-state index contributed by atoms with van der Waals surface area (Å²) in [6.07, 6.45) is 4.84. The number of benzene rings is 1. The van der Waals surface area contributed by atoms with E-state index in [1.807, 2.05) is 0 Å². The van der Waals surface area contributed by atoms with Crippen LogP contribution in [0.2, 0.25) is 0 Å². The lowest BCUT2D eigenvalue weighted by molar-refractivity contribution is 0.328. The van der Waals surface area contributed by atoms with Gasteiger partial charge >= 0.3 is 0 Å². The first-order chi connectivity index (χ1) is 10.1. The SMILES string of the molecule is NCCOc1ccc(S(=O)(=O)NCC2(C3CC3)CC2)cc1. The van der Waals surface area contributed by atoms with E-state index in [4.69, 9.17) is 10.5 Å². The number of hydrogen-bond donors (Lipinski definition) is 2. The van der Waals surface area contributed by atoms with Gasteiger partial charge in [-0.25, -0.2) is 13.1 Å². The summed E-state index contributed by atoms with van der Waals surface area (Å²) in [5.74, 6) is 1.38. The molecule has 0 amide bonds. The average molecular weight is 310 g/mol. The maximum atomic E-state index is 12.3. The largest absolute Gasteiger partial charge is 0.492 e. The van der Waals surface area contributed by atoms with E-state index < -0.39 is 10.0 Å². The third-order valence-corrected chi connectivity index (χ3v) is 5.89. The summed E-state index contributed by atoms with van der Waals surface area (Å²) < 4.78 is 32.7. The molecule has 0 bridgehead atoms. The second-order valence-electron chi connectivity index (χ2n) is 6.07. The molecule has 0 aromatic heterocycles. The molecule has 5 nitrogen and oxygen atoms in total. The van der Waals surface area contributed by atoms with Crippen molar-refractivity contribution in [2.45, 2.75) is 30.6 Å². The molecule has 3 rings (SSSR count). The van der Waals surface area contributed by atoms with Crippen LogP contribution in [0.25, 0.3) is 0 Å². The van der Waals surface area contributed by atoms with Crippen molar-refractivity contribution in [3.8, 4) is 5.75 Å². The fraction of sp³-hybridized carbons (Fsp3) is 0.600.